The molecule has 0 aromatic carbocycles. The third-order valence-electron chi connectivity index (χ3n) is 4.48. The summed E-state index contributed by atoms with van der Waals surface area (Å²) in [5, 5.41) is 6.10. The van der Waals surface area contributed by atoms with Gasteiger partial charge < -0.3 is 10.6 Å². The quantitative estimate of drug-likeness (QED) is 0.757. The standard InChI is InChI=1S/C13H24N2O/c1-2-13(8-3-4-9-13)10-14-12(16)15-11-6-5-7-11/h11H,2-10H2,1H3,(H2,14,15,16). The fourth-order valence-electron chi connectivity index (χ4n) is 2.84. The molecule has 0 saturated heterocycles. The molecule has 0 heterocycles. The van der Waals surface area contributed by atoms with Crippen LogP contribution in [-0.2, 0) is 0 Å². The lowest BCUT2D eigenvalue weighted by Crippen LogP contribution is -2.47. The van der Waals surface area contributed by atoms with Crippen molar-refractivity contribution in [3.63, 3.8) is 0 Å². The predicted octanol–water partition coefficient (Wildman–Crippen LogP) is 2.81. The number of urea groups is 1. The maximum atomic E-state index is 11.6. The summed E-state index contributed by atoms with van der Waals surface area (Å²) in [5.74, 6) is 0. The van der Waals surface area contributed by atoms with E-state index < -0.39 is 0 Å². The van der Waals surface area contributed by atoms with Crippen LogP contribution in [0.5, 0.6) is 0 Å². The maximum Gasteiger partial charge on any atom is 0.315 e. The number of rotatable bonds is 4. The number of amides is 2. The molecule has 0 bridgehead atoms. The summed E-state index contributed by atoms with van der Waals surface area (Å²) in [4.78, 5) is 11.6. The van der Waals surface area contributed by atoms with Crippen LogP contribution in [0.3, 0.4) is 0 Å². The van der Waals surface area contributed by atoms with Crippen LogP contribution in [0.15, 0.2) is 0 Å². The molecule has 0 aromatic rings. The summed E-state index contributed by atoms with van der Waals surface area (Å²) < 4.78 is 0. The number of hydrogen-bond donors (Lipinski definition) is 2. The van der Waals surface area contributed by atoms with Crippen LogP contribution in [-0.4, -0.2) is 18.6 Å². The second kappa shape index (κ2) is 5.07. The second-order valence-electron chi connectivity index (χ2n) is 5.52. The van der Waals surface area contributed by atoms with Crippen molar-refractivity contribution in [1.29, 1.82) is 0 Å². The maximum absolute atomic E-state index is 11.6. The van der Waals surface area contributed by atoms with E-state index in [-0.39, 0.29) is 6.03 Å². The molecule has 92 valence electrons. The van der Waals surface area contributed by atoms with Crippen molar-refractivity contribution in [2.75, 3.05) is 6.54 Å². The monoisotopic (exact) mass is 224 g/mol. The molecule has 0 aromatic heterocycles. The Hall–Kier alpha value is -0.730. The molecule has 16 heavy (non-hydrogen) atoms. The first-order valence-electron chi connectivity index (χ1n) is 6.78. The number of hydrogen-bond acceptors (Lipinski definition) is 1. The van der Waals surface area contributed by atoms with Gasteiger partial charge >= 0.3 is 6.03 Å². The number of carbonyl (C=O) groups excluding carboxylic acids is 1. The normalized spacial score (nSPS) is 23.8. The van der Waals surface area contributed by atoms with Gasteiger partial charge in [0.15, 0.2) is 0 Å². The minimum absolute atomic E-state index is 0.0458. The van der Waals surface area contributed by atoms with Gasteiger partial charge in [0.1, 0.15) is 0 Å². The van der Waals surface area contributed by atoms with E-state index >= 15 is 0 Å². The largest absolute Gasteiger partial charge is 0.338 e. The van der Waals surface area contributed by atoms with Crippen molar-refractivity contribution >= 4 is 6.03 Å². The highest BCUT2D eigenvalue weighted by Crippen LogP contribution is 2.40. The average Bonchev–Trinajstić information content (AvgIpc) is 2.70. The van der Waals surface area contributed by atoms with Crippen LogP contribution >= 0.6 is 0 Å². The highest BCUT2D eigenvalue weighted by Gasteiger charge is 2.32. The third-order valence-corrected chi connectivity index (χ3v) is 4.48. The van der Waals surface area contributed by atoms with Gasteiger partial charge in [-0.2, -0.15) is 0 Å². The summed E-state index contributed by atoms with van der Waals surface area (Å²) >= 11 is 0. The molecule has 0 atom stereocenters. The molecule has 2 N–H and O–H groups in total. The summed E-state index contributed by atoms with van der Waals surface area (Å²) in [5.41, 5.74) is 0.400. The van der Waals surface area contributed by atoms with Gasteiger partial charge in [0.25, 0.3) is 0 Å². The number of carbonyl (C=O) groups is 1. The van der Waals surface area contributed by atoms with Crippen LogP contribution in [0.4, 0.5) is 4.79 Å². The van der Waals surface area contributed by atoms with Crippen molar-refractivity contribution < 1.29 is 4.79 Å². The van der Waals surface area contributed by atoms with E-state index in [1.54, 1.807) is 0 Å². The SMILES string of the molecule is CCC1(CNC(=O)NC2CCC2)CCCC1. The molecular formula is C13H24N2O. The van der Waals surface area contributed by atoms with Gasteiger partial charge in [-0.1, -0.05) is 19.8 Å². The molecular weight excluding hydrogens is 200 g/mol. The molecule has 2 aliphatic rings. The van der Waals surface area contributed by atoms with Gasteiger partial charge in [-0.15, -0.1) is 0 Å². The smallest absolute Gasteiger partial charge is 0.315 e. The van der Waals surface area contributed by atoms with Gasteiger partial charge in [0, 0.05) is 12.6 Å². The predicted molar refractivity (Wildman–Crippen MR) is 65.4 cm³/mol. The van der Waals surface area contributed by atoms with Crippen molar-refractivity contribution in [3.05, 3.63) is 0 Å². The molecule has 3 nitrogen and oxygen atoms in total. The van der Waals surface area contributed by atoms with E-state index in [2.05, 4.69) is 17.6 Å². The molecule has 2 saturated carbocycles. The van der Waals surface area contributed by atoms with E-state index in [1.807, 2.05) is 0 Å². The van der Waals surface area contributed by atoms with Crippen molar-refractivity contribution in [2.45, 2.75) is 64.3 Å². The third kappa shape index (κ3) is 2.69. The highest BCUT2D eigenvalue weighted by atomic mass is 16.2. The lowest BCUT2D eigenvalue weighted by molar-refractivity contribution is 0.214. The Labute approximate surface area is 98.4 Å². The van der Waals surface area contributed by atoms with Crippen LogP contribution in [0.2, 0.25) is 0 Å². The van der Waals surface area contributed by atoms with E-state index in [0.717, 1.165) is 19.4 Å². The molecule has 2 fully saturated rings. The highest BCUT2D eigenvalue weighted by molar-refractivity contribution is 5.74. The van der Waals surface area contributed by atoms with Gasteiger partial charge in [0.05, 0.1) is 0 Å². The van der Waals surface area contributed by atoms with E-state index in [0.29, 0.717) is 11.5 Å². The molecule has 2 aliphatic carbocycles. The van der Waals surface area contributed by atoms with Crippen molar-refractivity contribution in [2.24, 2.45) is 5.41 Å². The van der Waals surface area contributed by atoms with E-state index in [1.165, 1.54) is 38.5 Å². The fraction of sp³-hybridized carbons (Fsp3) is 0.923. The van der Waals surface area contributed by atoms with Crippen LogP contribution in [0.25, 0.3) is 0 Å². The second-order valence-corrected chi connectivity index (χ2v) is 5.52. The number of nitrogens with one attached hydrogen (secondary N) is 2. The van der Waals surface area contributed by atoms with Crippen LogP contribution in [0, 0.1) is 5.41 Å². The fourth-order valence-corrected chi connectivity index (χ4v) is 2.84. The summed E-state index contributed by atoms with van der Waals surface area (Å²) in [6, 6.07) is 0.491. The molecule has 0 unspecified atom stereocenters. The Morgan fingerprint density at radius 1 is 1.25 bits per heavy atom. The Morgan fingerprint density at radius 2 is 1.94 bits per heavy atom. The van der Waals surface area contributed by atoms with Gasteiger partial charge in [-0.3, -0.25) is 0 Å². The van der Waals surface area contributed by atoms with Crippen LogP contribution < -0.4 is 10.6 Å². The summed E-state index contributed by atoms with van der Waals surface area (Å²) in [7, 11) is 0. The average molecular weight is 224 g/mol. The van der Waals surface area contributed by atoms with Crippen LogP contribution in [0.1, 0.15) is 58.3 Å². The zero-order valence-electron chi connectivity index (χ0n) is 10.3. The van der Waals surface area contributed by atoms with Crippen molar-refractivity contribution in [3.8, 4) is 0 Å². The first kappa shape index (κ1) is 11.7. The molecule has 3 heteroatoms. The lowest BCUT2D eigenvalue weighted by Gasteiger charge is -2.30. The Balaban J connectivity index is 1.70. The molecule has 2 rings (SSSR count). The zero-order valence-corrected chi connectivity index (χ0v) is 10.3. The lowest BCUT2D eigenvalue weighted by atomic mass is 9.83. The minimum Gasteiger partial charge on any atom is -0.338 e. The molecule has 0 aliphatic heterocycles. The topological polar surface area (TPSA) is 41.1 Å². The zero-order chi connectivity index (χ0) is 11.4. The molecule has 0 spiro atoms. The first-order chi connectivity index (χ1) is 7.74. The molecule has 0 radical (unpaired) electrons. The van der Waals surface area contributed by atoms with Crippen molar-refractivity contribution in [1.82, 2.24) is 10.6 Å². The van der Waals surface area contributed by atoms with E-state index in [9.17, 15) is 4.79 Å². The van der Waals surface area contributed by atoms with Gasteiger partial charge in [-0.25, -0.2) is 4.79 Å². The minimum atomic E-state index is 0.0458. The molecule has 2 amide bonds. The Kier molecular flexibility index (Phi) is 3.72. The Bertz CT molecular complexity index is 242. The van der Waals surface area contributed by atoms with Gasteiger partial charge in [0.2, 0.25) is 0 Å². The Morgan fingerprint density at radius 3 is 2.44 bits per heavy atom. The van der Waals surface area contributed by atoms with E-state index in [4.69, 9.17) is 0 Å². The summed E-state index contributed by atoms with van der Waals surface area (Å²) in [6.07, 6.45) is 10.0. The van der Waals surface area contributed by atoms with Gasteiger partial charge in [-0.05, 0) is 43.9 Å². The summed E-state index contributed by atoms with van der Waals surface area (Å²) in [6.45, 7) is 3.11. The first-order valence-corrected chi connectivity index (χ1v) is 6.78.